The number of carbonyl (C=O) groups excluding carboxylic acids is 1. The summed E-state index contributed by atoms with van der Waals surface area (Å²) in [5, 5.41) is 3.68. The van der Waals surface area contributed by atoms with Gasteiger partial charge in [0.05, 0.1) is 16.8 Å². The summed E-state index contributed by atoms with van der Waals surface area (Å²) in [6, 6.07) is 23.4. The zero-order valence-electron chi connectivity index (χ0n) is 15.0. The fraction of sp³-hybridized carbons (Fsp3) is 0. The Labute approximate surface area is 162 Å². The molecule has 1 aromatic heterocycles. The largest absolute Gasteiger partial charge is 0.320 e. The molecule has 4 heteroatoms. The first-order valence-corrected chi connectivity index (χ1v) is 8.89. The molecule has 0 fully saturated rings. The predicted octanol–water partition coefficient (Wildman–Crippen LogP) is 5.80. The highest BCUT2D eigenvalue weighted by molar-refractivity contribution is 6.09. The number of rotatable bonds is 4. The Balaban J connectivity index is 1.69. The van der Waals surface area contributed by atoms with Gasteiger partial charge in [-0.05, 0) is 35.4 Å². The van der Waals surface area contributed by atoms with Crippen LogP contribution >= 0.6 is 0 Å². The summed E-state index contributed by atoms with van der Waals surface area (Å²) in [6.07, 6.45) is 5.72. The van der Waals surface area contributed by atoms with Crippen LogP contribution in [0.5, 0.6) is 0 Å². The van der Waals surface area contributed by atoms with Gasteiger partial charge in [0.2, 0.25) is 0 Å². The lowest BCUT2D eigenvalue weighted by atomic mass is 10.0. The maximum Gasteiger partial charge on any atom is 0.258 e. The quantitative estimate of drug-likeness (QED) is 0.463. The van der Waals surface area contributed by atoms with Crippen LogP contribution in [0.3, 0.4) is 0 Å². The van der Waals surface area contributed by atoms with Gasteiger partial charge in [-0.2, -0.15) is 0 Å². The van der Waals surface area contributed by atoms with Crippen molar-refractivity contribution in [3.63, 3.8) is 0 Å². The van der Waals surface area contributed by atoms with E-state index in [9.17, 15) is 9.18 Å². The lowest BCUT2D eigenvalue weighted by Gasteiger charge is -2.10. The molecule has 0 spiro atoms. The van der Waals surface area contributed by atoms with Gasteiger partial charge in [0.25, 0.3) is 5.91 Å². The zero-order valence-corrected chi connectivity index (χ0v) is 15.0. The molecule has 0 radical (unpaired) electrons. The van der Waals surface area contributed by atoms with Gasteiger partial charge in [0.15, 0.2) is 0 Å². The smallest absolute Gasteiger partial charge is 0.258 e. The van der Waals surface area contributed by atoms with Gasteiger partial charge in [-0.3, -0.25) is 9.78 Å². The van der Waals surface area contributed by atoms with Crippen LogP contribution in [0.2, 0.25) is 0 Å². The minimum Gasteiger partial charge on any atom is -0.320 e. The third-order valence-corrected chi connectivity index (χ3v) is 4.42. The van der Waals surface area contributed by atoms with Crippen molar-refractivity contribution < 1.29 is 9.18 Å². The van der Waals surface area contributed by atoms with Crippen LogP contribution in [0, 0.1) is 5.82 Å². The average molecular weight is 368 g/mol. The second-order valence-electron chi connectivity index (χ2n) is 6.28. The Kier molecular flexibility index (Phi) is 4.93. The lowest BCUT2D eigenvalue weighted by molar-refractivity contribution is 0.102. The molecule has 28 heavy (non-hydrogen) atoms. The number of carbonyl (C=O) groups is 1. The molecule has 0 saturated carbocycles. The summed E-state index contributed by atoms with van der Waals surface area (Å²) in [4.78, 5) is 16.9. The van der Waals surface area contributed by atoms with Gasteiger partial charge in [0.1, 0.15) is 5.82 Å². The number of anilines is 1. The standard InChI is InChI=1S/C24H17FN2O/c25-21-11-5-4-9-20(21)24(28)27-22-15-14-18(19-10-6-16-26-23(19)22)13-12-17-7-2-1-3-8-17/h1-16H,(H,27,28). The third kappa shape index (κ3) is 3.67. The predicted molar refractivity (Wildman–Crippen MR) is 111 cm³/mol. The number of nitrogens with one attached hydrogen (secondary N) is 1. The highest BCUT2D eigenvalue weighted by Crippen LogP contribution is 2.27. The molecule has 0 unspecified atom stereocenters. The van der Waals surface area contributed by atoms with E-state index in [4.69, 9.17) is 0 Å². The molecule has 136 valence electrons. The van der Waals surface area contributed by atoms with E-state index in [2.05, 4.69) is 10.3 Å². The van der Waals surface area contributed by atoms with E-state index >= 15 is 0 Å². The minimum absolute atomic E-state index is 0.000342. The average Bonchev–Trinajstić information content (AvgIpc) is 2.74. The first kappa shape index (κ1) is 17.6. The summed E-state index contributed by atoms with van der Waals surface area (Å²) in [5.41, 5.74) is 3.27. The molecule has 0 aliphatic heterocycles. The summed E-state index contributed by atoms with van der Waals surface area (Å²) in [6.45, 7) is 0. The van der Waals surface area contributed by atoms with Crippen molar-refractivity contribution in [2.24, 2.45) is 0 Å². The van der Waals surface area contributed by atoms with E-state index in [-0.39, 0.29) is 5.56 Å². The van der Waals surface area contributed by atoms with Crippen molar-refractivity contribution in [2.75, 3.05) is 5.32 Å². The maximum atomic E-state index is 13.9. The van der Waals surface area contributed by atoms with Gasteiger partial charge in [-0.25, -0.2) is 4.39 Å². The van der Waals surface area contributed by atoms with Crippen LogP contribution in [-0.2, 0) is 0 Å². The third-order valence-electron chi connectivity index (χ3n) is 4.42. The zero-order chi connectivity index (χ0) is 19.3. The lowest BCUT2D eigenvalue weighted by Crippen LogP contribution is -2.14. The van der Waals surface area contributed by atoms with Crippen molar-refractivity contribution in [1.29, 1.82) is 0 Å². The Morgan fingerprint density at radius 2 is 1.64 bits per heavy atom. The summed E-state index contributed by atoms with van der Waals surface area (Å²) in [5.74, 6) is -1.06. The van der Waals surface area contributed by atoms with Crippen molar-refractivity contribution in [1.82, 2.24) is 4.98 Å². The molecule has 3 nitrogen and oxygen atoms in total. The first-order valence-electron chi connectivity index (χ1n) is 8.89. The number of halogens is 1. The van der Waals surface area contributed by atoms with Gasteiger partial charge < -0.3 is 5.32 Å². The van der Waals surface area contributed by atoms with Crippen LogP contribution in [0.15, 0.2) is 85.1 Å². The van der Waals surface area contributed by atoms with E-state index in [0.717, 1.165) is 16.5 Å². The molecule has 1 N–H and O–H groups in total. The molecule has 1 amide bonds. The van der Waals surface area contributed by atoms with E-state index < -0.39 is 11.7 Å². The fourth-order valence-corrected chi connectivity index (χ4v) is 3.03. The van der Waals surface area contributed by atoms with Gasteiger partial charge in [0, 0.05) is 11.6 Å². The fourth-order valence-electron chi connectivity index (χ4n) is 3.03. The van der Waals surface area contributed by atoms with Crippen molar-refractivity contribution in [3.05, 3.63) is 108 Å². The number of amides is 1. The molecule has 4 aromatic rings. The number of nitrogens with zero attached hydrogens (tertiary/aromatic N) is 1. The molecule has 0 aliphatic carbocycles. The monoisotopic (exact) mass is 368 g/mol. The van der Waals surface area contributed by atoms with Crippen LogP contribution < -0.4 is 5.32 Å². The van der Waals surface area contributed by atoms with Gasteiger partial charge in [-0.1, -0.05) is 66.7 Å². The van der Waals surface area contributed by atoms with Crippen molar-refractivity contribution in [3.8, 4) is 0 Å². The Morgan fingerprint density at radius 3 is 2.46 bits per heavy atom. The maximum absolute atomic E-state index is 13.9. The van der Waals surface area contributed by atoms with Gasteiger partial charge >= 0.3 is 0 Å². The molecule has 1 heterocycles. The molecular weight excluding hydrogens is 351 g/mol. The number of hydrogen-bond acceptors (Lipinski definition) is 2. The first-order chi connectivity index (χ1) is 13.7. The second kappa shape index (κ2) is 7.84. The van der Waals surface area contributed by atoms with E-state index in [1.165, 1.54) is 12.1 Å². The SMILES string of the molecule is O=C(Nc1ccc(C=Cc2ccccc2)c2cccnc12)c1ccccc1F. The number of pyridine rings is 1. The van der Waals surface area contributed by atoms with Crippen LogP contribution in [0.25, 0.3) is 23.1 Å². The summed E-state index contributed by atoms with van der Waals surface area (Å²) in [7, 11) is 0. The molecule has 3 aromatic carbocycles. The normalized spacial score (nSPS) is 11.0. The molecule has 0 atom stereocenters. The van der Waals surface area contributed by atoms with Crippen LogP contribution in [-0.4, -0.2) is 10.9 Å². The molecule has 4 rings (SSSR count). The molecule has 0 aliphatic rings. The topological polar surface area (TPSA) is 42.0 Å². The Bertz CT molecular complexity index is 1170. The summed E-state index contributed by atoms with van der Waals surface area (Å²) < 4.78 is 13.9. The van der Waals surface area contributed by atoms with E-state index in [1.54, 1.807) is 24.4 Å². The molecule has 0 saturated heterocycles. The van der Waals surface area contributed by atoms with Crippen LogP contribution in [0.1, 0.15) is 21.5 Å². The number of benzene rings is 3. The molecule has 0 bridgehead atoms. The van der Waals surface area contributed by atoms with E-state index in [1.807, 2.05) is 60.7 Å². The Morgan fingerprint density at radius 1 is 0.857 bits per heavy atom. The number of aromatic nitrogens is 1. The van der Waals surface area contributed by atoms with Gasteiger partial charge in [-0.15, -0.1) is 0 Å². The number of hydrogen-bond donors (Lipinski definition) is 1. The summed E-state index contributed by atoms with van der Waals surface area (Å²) >= 11 is 0. The van der Waals surface area contributed by atoms with Crippen molar-refractivity contribution >= 4 is 34.6 Å². The second-order valence-corrected chi connectivity index (χ2v) is 6.28. The molecular formula is C24H17FN2O. The highest BCUT2D eigenvalue weighted by atomic mass is 19.1. The highest BCUT2D eigenvalue weighted by Gasteiger charge is 2.13. The number of fused-ring (bicyclic) bond motifs is 1. The minimum atomic E-state index is -0.556. The van der Waals surface area contributed by atoms with E-state index in [0.29, 0.717) is 11.2 Å². The van der Waals surface area contributed by atoms with Crippen LogP contribution in [0.4, 0.5) is 10.1 Å². The van der Waals surface area contributed by atoms with Crippen molar-refractivity contribution in [2.45, 2.75) is 0 Å². The Hall–Kier alpha value is -3.79.